The van der Waals surface area contributed by atoms with Gasteiger partial charge in [0.1, 0.15) is 0 Å². The molecule has 0 heterocycles. The van der Waals surface area contributed by atoms with Crippen LogP contribution in [0.25, 0.3) is 0 Å². The smallest absolute Gasteiger partial charge is 0.402 e. The highest BCUT2D eigenvalue weighted by atomic mass is 16.6. The van der Waals surface area contributed by atoms with E-state index >= 15 is 0 Å². The minimum absolute atomic E-state index is 0.0472. The highest BCUT2D eigenvalue weighted by molar-refractivity contribution is 6.32. The molecular formula is C5H13BO5. The van der Waals surface area contributed by atoms with Crippen LogP contribution in [0.15, 0.2) is 0 Å². The maximum Gasteiger partial charge on any atom is 0.634 e. The lowest BCUT2D eigenvalue weighted by Crippen LogP contribution is -2.27. The van der Waals surface area contributed by atoms with Gasteiger partial charge in [0.15, 0.2) is 0 Å². The first-order valence-electron chi connectivity index (χ1n) is 3.37. The Balaban J connectivity index is 3.15. The van der Waals surface area contributed by atoms with E-state index in [-0.39, 0.29) is 25.9 Å². The maximum absolute atomic E-state index is 8.31. The summed E-state index contributed by atoms with van der Waals surface area (Å²) >= 11 is 0. The van der Waals surface area contributed by atoms with Crippen molar-refractivity contribution in [2.45, 2.75) is 13.0 Å². The highest BCUT2D eigenvalue weighted by Crippen LogP contribution is 1.91. The van der Waals surface area contributed by atoms with Gasteiger partial charge in [-0.2, -0.15) is 0 Å². The Kier molecular flexibility index (Phi) is 6.49. The minimum Gasteiger partial charge on any atom is -0.402 e. The van der Waals surface area contributed by atoms with Crippen molar-refractivity contribution >= 4 is 7.32 Å². The van der Waals surface area contributed by atoms with E-state index in [0.717, 1.165) is 0 Å². The molecule has 0 fully saturated rings. The second kappa shape index (κ2) is 6.57. The summed E-state index contributed by atoms with van der Waals surface area (Å²) in [6.07, 6.45) is -0.387. The molecule has 0 amide bonds. The Morgan fingerprint density at radius 3 is 2.55 bits per heavy atom. The molecule has 0 aliphatic heterocycles. The van der Waals surface area contributed by atoms with E-state index in [0.29, 0.717) is 0 Å². The molecule has 0 aromatic rings. The average molecular weight is 164 g/mol. The Bertz CT molecular complexity index is 88.9. The first kappa shape index (κ1) is 10.9. The van der Waals surface area contributed by atoms with Gasteiger partial charge >= 0.3 is 7.32 Å². The van der Waals surface area contributed by atoms with Gasteiger partial charge < -0.3 is 24.5 Å². The van der Waals surface area contributed by atoms with Crippen molar-refractivity contribution in [1.82, 2.24) is 0 Å². The summed E-state index contributed by atoms with van der Waals surface area (Å²) in [6, 6.07) is 0. The van der Waals surface area contributed by atoms with Crippen LogP contribution < -0.4 is 0 Å². The Hall–Kier alpha value is -0.135. The third kappa shape index (κ3) is 7.76. The topological polar surface area (TPSA) is 79.2 Å². The first-order valence-corrected chi connectivity index (χ1v) is 3.37. The zero-order chi connectivity index (χ0) is 8.69. The van der Waals surface area contributed by atoms with Gasteiger partial charge in [-0.3, -0.25) is 0 Å². The summed E-state index contributed by atoms with van der Waals surface area (Å²) in [5.41, 5.74) is 0. The molecule has 3 N–H and O–H groups in total. The summed E-state index contributed by atoms with van der Waals surface area (Å²) in [7, 11) is -1.76. The van der Waals surface area contributed by atoms with Crippen molar-refractivity contribution in [3.63, 3.8) is 0 Å². The van der Waals surface area contributed by atoms with Gasteiger partial charge in [-0.25, -0.2) is 0 Å². The van der Waals surface area contributed by atoms with Crippen molar-refractivity contribution in [2.24, 2.45) is 0 Å². The summed E-state index contributed by atoms with van der Waals surface area (Å²) in [4.78, 5) is 0. The fraction of sp³-hybridized carbons (Fsp3) is 1.00. The zero-order valence-electron chi connectivity index (χ0n) is 6.43. The molecule has 0 spiro atoms. The van der Waals surface area contributed by atoms with Crippen molar-refractivity contribution in [2.75, 3.05) is 19.8 Å². The molecule has 0 aliphatic carbocycles. The maximum atomic E-state index is 8.31. The molecule has 5 nitrogen and oxygen atoms in total. The standard InChI is InChI=1S/C5H13BO5/c1-5(11-6(8)9)4-10-3-2-7/h5,7-9H,2-4H2,1H3. The van der Waals surface area contributed by atoms with Gasteiger partial charge in [0.05, 0.1) is 25.9 Å². The van der Waals surface area contributed by atoms with Gasteiger partial charge in [0.25, 0.3) is 0 Å². The molecule has 0 rings (SSSR count). The van der Waals surface area contributed by atoms with Gasteiger partial charge in [0, 0.05) is 0 Å². The average Bonchev–Trinajstić information content (AvgIpc) is 1.86. The normalized spacial score (nSPS) is 13.1. The van der Waals surface area contributed by atoms with Crippen molar-refractivity contribution in [3.8, 4) is 0 Å². The van der Waals surface area contributed by atoms with Crippen LogP contribution in [0.4, 0.5) is 0 Å². The monoisotopic (exact) mass is 164 g/mol. The van der Waals surface area contributed by atoms with E-state index in [9.17, 15) is 0 Å². The van der Waals surface area contributed by atoms with Crippen LogP contribution in [-0.2, 0) is 9.39 Å². The van der Waals surface area contributed by atoms with Gasteiger partial charge in [-0.05, 0) is 6.92 Å². The Labute approximate surface area is 65.7 Å². The summed E-state index contributed by atoms with van der Waals surface area (Å²) in [5.74, 6) is 0. The number of rotatable bonds is 6. The molecule has 1 unspecified atom stereocenters. The van der Waals surface area contributed by atoms with E-state index < -0.39 is 7.32 Å². The van der Waals surface area contributed by atoms with Crippen LogP contribution in [0.2, 0.25) is 0 Å². The van der Waals surface area contributed by atoms with Gasteiger partial charge in [-0.15, -0.1) is 0 Å². The van der Waals surface area contributed by atoms with Crippen LogP contribution in [0.5, 0.6) is 0 Å². The Morgan fingerprint density at radius 1 is 1.45 bits per heavy atom. The fourth-order valence-corrected chi connectivity index (χ4v) is 0.561. The van der Waals surface area contributed by atoms with Gasteiger partial charge in [0.2, 0.25) is 0 Å². The number of aliphatic hydroxyl groups is 1. The van der Waals surface area contributed by atoms with Crippen molar-refractivity contribution in [3.05, 3.63) is 0 Å². The largest absolute Gasteiger partial charge is 0.634 e. The van der Waals surface area contributed by atoms with Crippen LogP contribution in [0.3, 0.4) is 0 Å². The lowest BCUT2D eigenvalue weighted by molar-refractivity contribution is 0.0205. The van der Waals surface area contributed by atoms with E-state index in [1.165, 1.54) is 0 Å². The van der Waals surface area contributed by atoms with Crippen molar-refractivity contribution in [1.29, 1.82) is 0 Å². The van der Waals surface area contributed by atoms with E-state index in [1.54, 1.807) is 6.92 Å². The molecule has 0 aromatic carbocycles. The molecule has 66 valence electrons. The molecule has 1 atom stereocenters. The van der Waals surface area contributed by atoms with E-state index in [2.05, 4.69) is 4.65 Å². The van der Waals surface area contributed by atoms with Gasteiger partial charge in [-0.1, -0.05) is 0 Å². The summed E-state index contributed by atoms with van der Waals surface area (Å²) < 4.78 is 9.35. The molecule has 0 bridgehead atoms. The summed E-state index contributed by atoms with van der Waals surface area (Å²) in [6.45, 7) is 2.05. The third-order valence-corrected chi connectivity index (χ3v) is 0.942. The molecule has 11 heavy (non-hydrogen) atoms. The second-order valence-electron chi connectivity index (χ2n) is 2.07. The van der Waals surface area contributed by atoms with Crippen LogP contribution in [-0.4, -0.2) is 48.4 Å². The molecule has 0 saturated carbocycles. The highest BCUT2D eigenvalue weighted by Gasteiger charge is 2.13. The molecule has 0 saturated heterocycles. The van der Waals surface area contributed by atoms with Crippen LogP contribution >= 0.6 is 0 Å². The van der Waals surface area contributed by atoms with E-state index in [4.69, 9.17) is 19.9 Å². The minimum atomic E-state index is -1.76. The quantitative estimate of drug-likeness (QED) is 0.324. The first-order chi connectivity index (χ1) is 5.16. The molecular weight excluding hydrogens is 151 g/mol. The molecule has 0 aromatic heterocycles. The lowest BCUT2D eigenvalue weighted by atomic mass is 10.2. The SMILES string of the molecule is CC(COCCO)OB(O)O. The fourth-order valence-electron chi connectivity index (χ4n) is 0.561. The second-order valence-corrected chi connectivity index (χ2v) is 2.07. The van der Waals surface area contributed by atoms with Crippen LogP contribution in [0, 0.1) is 0 Å². The Morgan fingerprint density at radius 2 is 2.09 bits per heavy atom. The predicted molar refractivity (Wildman–Crippen MR) is 38.6 cm³/mol. The van der Waals surface area contributed by atoms with E-state index in [1.807, 2.05) is 0 Å². The molecule has 0 aliphatic rings. The lowest BCUT2D eigenvalue weighted by Gasteiger charge is -2.11. The summed E-state index contributed by atoms with van der Waals surface area (Å²) in [5, 5.41) is 24.9. The number of aliphatic hydroxyl groups excluding tert-OH is 1. The number of hydrogen-bond acceptors (Lipinski definition) is 5. The molecule has 0 radical (unpaired) electrons. The number of hydrogen-bond donors (Lipinski definition) is 3. The number of ether oxygens (including phenoxy) is 1. The van der Waals surface area contributed by atoms with Crippen molar-refractivity contribution < 1.29 is 24.5 Å². The van der Waals surface area contributed by atoms with Crippen LogP contribution in [0.1, 0.15) is 6.92 Å². The zero-order valence-corrected chi connectivity index (χ0v) is 6.43. The molecule has 6 heteroatoms. The predicted octanol–water partition coefficient (Wildman–Crippen LogP) is -1.63. The third-order valence-electron chi connectivity index (χ3n) is 0.942.